The number of amides is 7. The van der Waals surface area contributed by atoms with E-state index in [-0.39, 0.29) is 36.6 Å². The zero-order valence-corrected chi connectivity index (χ0v) is 55.9. The van der Waals surface area contributed by atoms with E-state index in [1.807, 2.05) is 36.7 Å². The Kier molecular flexibility index (Phi) is 24.0. The minimum Gasteiger partial charge on any atom is -0.504 e. The highest BCUT2D eigenvalue weighted by molar-refractivity contribution is 7.81. The monoisotopic (exact) mass is 1410 g/mol. The zero-order valence-electron chi connectivity index (χ0n) is 54.2. The van der Waals surface area contributed by atoms with Gasteiger partial charge in [-0.05, 0) is 106 Å². The normalized spacial score (nSPS) is 28.6. The summed E-state index contributed by atoms with van der Waals surface area (Å²) in [6.07, 6.45) is -0.722. The predicted molar refractivity (Wildman–Crippen MR) is 349 cm³/mol. The third kappa shape index (κ3) is 18.2. The molecule has 0 unspecified atom stereocenters. The summed E-state index contributed by atoms with van der Waals surface area (Å²) in [4.78, 5) is 113. The molecule has 13 atom stereocenters. The summed E-state index contributed by atoms with van der Waals surface area (Å²) in [5.41, 5.74) is 8.05. The number of primary amides is 1. The minimum atomic E-state index is -5.22. The number of piperidine rings is 1. The number of ether oxygens (including phenoxy) is 1. The summed E-state index contributed by atoms with van der Waals surface area (Å²) in [6, 6.07) is -0.249. The number of phenols is 1. The summed E-state index contributed by atoms with van der Waals surface area (Å²) in [5, 5.41) is 102. The van der Waals surface area contributed by atoms with Crippen LogP contribution in [0.1, 0.15) is 107 Å². The Morgan fingerprint density at radius 1 is 0.755 bits per heavy atom. The summed E-state index contributed by atoms with van der Waals surface area (Å²) in [6.45, 7) is 3.90. The number of hydrogen-bond donors (Lipinski definition) is 14. The molecular weight excluding hydrogens is 1320 g/mol. The molecule has 0 spiro atoms. The van der Waals surface area contributed by atoms with Crippen LogP contribution in [0.3, 0.4) is 0 Å². The lowest BCUT2D eigenvalue weighted by Crippen LogP contribution is -2.64. The maximum Gasteiger partial charge on any atom is 0.446 e. The molecule has 6 fully saturated rings. The SMILES string of the molecule is C[C@@H](O)[C@@H]1NC(=O)[C@@H](NC[C@H]2CC[C@H](c3nnc(-c4ccc(-c5cnc(N6CCC(OCC7CCC7)CC6)nc5)cc4)s3)CC2)C[C@@H](O)CNC(=O)[C@@H]2[C@@H](O)[C@@H](C)CN2C(=O)[C@H]([C@H](O)CC(N)=O)NC(=O)[C@H]([C@H](O)Cc2ccc(O)c(OS(=O)(=O)O)c2)NC(=O)[C@@H]2C[C@@H](O)CN2C1=O. The molecular formula is C64H87N13O19S2. The summed E-state index contributed by atoms with van der Waals surface area (Å²) < 4.78 is 43.1. The molecule has 2 aromatic carbocycles. The molecule has 4 saturated heterocycles. The standard InChI is InChI=1S/C64H87N13O19S2/c1-32-29-77-54(55(32)85)59(89)67-28-41(79)22-44(66-25-34-6-9-38(10-7-34)60-73-74-61(97-60)39-13-11-37(12-14-39)40-26-68-64(69-27-40)75-18-16-43(17-19-75)95-31-35-4-3-5-35)56(86)70-51(33(2)78)62(90)76-30-42(80)23-45(76)57(87)71-52(58(88)72-53(63(77)91)48(83)24-50(65)84)47(82)20-36-8-15-46(81)49(21-36)96-98(92,93)94/h8,11-15,21,26-27,32-35,38,41-45,47-48,51-55,66,78-83,85H,3-7,9-10,16-20,22-25,28-31H2,1-2H3,(H2,65,84)(H,67,89)(H,70,86)(H,71,87)(H,72,88)(H,92,93,94)/t32-,33+,34-,38-,41+,42+,44-,45-,47+,48+,51-,52-,53-,54-,55-/m0/s1. The number of aromatic nitrogens is 4. The first-order chi connectivity index (χ1) is 46.7. The van der Waals surface area contributed by atoms with Gasteiger partial charge in [0.1, 0.15) is 40.2 Å². The van der Waals surface area contributed by atoms with Crippen LogP contribution in [-0.4, -0.2) is 245 Å². The third-order valence-electron chi connectivity index (χ3n) is 19.4. The van der Waals surface area contributed by atoms with E-state index in [0.29, 0.717) is 18.8 Å². The number of carbonyl (C=O) groups is 7. The van der Waals surface area contributed by atoms with Gasteiger partial charge in [0.15, 0.2) is 11.5 Å². The van der Waals surface area contributed by atoms with Crippen molar-refractivity contribution in [2.45, 2.75) is 182 Å². The largest absolute Gasteiger partial charge is 0.504 e. The average molecular weight is 1410 g/mol. The molecule has 2 saturated carbocycles. The van der Waals surface area contributed by atoms with E-state index in [1.54, 1.807) is 0 Å². The van der Waals surface area contributed by atoms with E-state index in [0.717, 1.165) is 106 Å². The second-order valence-electron chi connectivity index (χ2n) is 26.7. The number of nitrogens with two attached hydrogens (primary N) is 1. The molecule has 98 heavy (non-hydrogen) atoms. The van der Waals surface area contributed by atoms with Crippen LogP contribution in [0, 0.1) is 17.8 Å². The highest BCUT2D eigenvalue weighted by atomic mass is 32.3. The maximum absolute atomic E-state index is 14.7. The molecule has 10 rings (SSSR count). The zero-order chi connectivity index (χ0) is 70.3. The molecule has 15 N–H and O–H groups in total. The predicted octanol–water partition coefficient (Wildman–Crippen LogP) is -1.71. The van der Waals surface area contributed by atoms with Crippen LogP contribution in [0.15, 0.2) is 54.9 Å². The fourth-order valence-electron chi connectivity index (χ4n) is 13.6. The van der Waals surface area contributed by atoms with Crippen molar-refractivity contribution in [2.75, 3.05) is 50.8 Å². The number of aliphatic hydroxyl groups excluding tert-OH is 6. The van der Waals surface area contributed by atoms with E-state index in [2.05, 4.69) is 45.9 Å². The lowest BCUT2D eigenvalue weighted by molar-refractivity contribution is -0.147. The van der Waals surface area contributed by atoms with Gasteiger partial charge in [0.2, 0.25) is 47.3 Å². The molecule has 0 radical (unpaired) electrons. The van der Waals surface area contributed by atoms with Gasteiger partial charge in [-0.3, -0.25) is 38.1 Å². The second-order valence-corrected chi connectivity index (χ2v) is 28.8. The third-order valence-corrected chi connectivity index (χ3v) is 20.9. The Morgan fingerprint density at radius 2 is 1.42 bits per heavy atom. The van der Waals surface area contributed by atoms with Gasteiger partial charge in [-0.15, -0.1) is 10.2 Å². The second kappa shape index (κ2) is 32.1. The number of hydrogen-bond acceptors (Lipinski definition) is 25. The van der Waals surface area contributed by atoms with Crippen LogP contribution in [0.25, 0.3) is 21.7 Å². The Morgan fingerprint density at radius 3 is 2.07 bits per heavy atom. The molecule has 534 valence electrons. The van der Waals surface area contributed by atoms with Gasteiger partial charge in [-0.25, -0.2) is 9.97 Å². The maximum atomic E-state index is 14.7. The Hall–Kier alpha value is -7.64. The Labute approximate surface area is 569 Å². The van der Waals surface area contributed by atoms with Crippen molar-refractivity contribution >= 4 is 69.0 Å². The van der Waals surface area contributed by atoms with E-state index >= 15 is 0 Å². The van der Waals surface area contributed by atoms with Crippen LogP contribution in [0.2, 0.25) is 0 Å². The van der Waals surface area contributed by atoms with Crippen molar-refractivity contribution in [1.29, 1.82) is 0 Å². The van der Waals surface area contributed by atoms with E-state index in [9.17, 15) is 82.3 Å². The molecule has 6 aliphatic rings. The topological polar surface area (TPSA) is 481 Å². The summed E-state index contributed by atoms with van der Waals surface area (Å²) >= 11 is 1.51. The molecule has 2 aliphatic carbocycles. The van der Waals surface area contributed by atoms with Crippen molar-refractivity contribution in [1.82, 2.24) is 56.5 Å². The molecule has 4 aromatic rings. The number of aliphatic hydroxyl groups is 6. The molecule has 32 nitrogen and oxygen atoms in total. The molecule has 7 amide bonds. The molecule has 4 aliphatic heterocycles. The van der Waals surface area contributed by atoms with Gasteiger partial charge >= 0.3 is 10.4 Å². The molecule has 0 bridgehead atoms. The minimum absolute atomic E-state index is 0.0206. The van der Waals surface area contributed by atoms with Crippen molar-refractivity contribution in [3.63, 3.8) is 0 Å². The Bertz CT molecular complexity index is 3590. The fourth-order valence-corrected chi connectivity index (χ4v) is 14.9. The lowest BCUT2D eigenvalue weighted by Gasteiger charge is -2.34. The van der Waals surface area contributed by atoms with Crippen LogP contribution in [-0.2, 0) is 55.1 Å². The number of aromatic hydroxyl groups is 1. The van der Waals surface area contributed by atoms with Gasteiger partial charge in [0.05, 0.1) is 55.2 Å². The van der Waals surface area contributed by atoms with Crippen LogP contribution in [0.4, 0.5) is 5.95 Å². The van der Waals surface area contributed by atoms with Gasteiger partial charge in [-0.1, -0.05) is 55.0 Å². The molecule has 2 aromatic heterocycles. The smallest absolute Gasteiger partial charge is 0.446 e. The van der Waals surface area contributed by atoms with Crippen molar-refractivity contribution in [3.8, 4) is 33.2 Å². The average Bonchev–Trinajstić information content (AvgIpc) is 1.64. The number of nitrogens with zero attached hydrogens (tertiary/aromatic N) is 7. The number of carbonyl (C=O) groups excluding carboxylic acids is 7. The number of fused-ring (bicyclic) bond motifs is 2. The first-order valence-corrected chi connectivity index (χ1v) is 35.4. The molecule has 6 heterocycles. The lowest BCUT2D eigenvalue weighted by atomic mass is 9.82. The number of β-amino-alcohol motifs (C(OH)–C–C–N with tert-alkyl or cyclic N) is 1. The summed E-state index contributed by atoms with van der Waals surface area (Å²) in [7, 11) is -5.22. The number of phenolic OH excluding ortho intramolecular Hbond substituents is 1. The van der Waals surface area contributed by atoms with Gasteiger partial charge < -0.3 is 91.7 Å². The van der Waals surface area contributed by atoms with Crippen molar-refractivity contribution in [3.05, 3.63) is 65.4 Å². The van der Waals surface area contributed by atoms with E-state index < -0.39 is 181 Å². The highest BCUT2D eigenvalue weighted by Gasteiger charge is 2.50. The number of nitrogens with one attached hydrogen (secondary N) is 5. The number of benzene rings is 2. The van der Waals surface area contributed by atoms with Crippen LogP contribution >= 0.6 is 11.3 Å². The highest BCUT2D eigenvalue weighted by Crippen LogP contribution is 2.39. The first-order valence-electron chi connectivity index (χ1n) is 33.2. The van der Waals surface area contributed by atoms with Gasteiger partial charge in [0, 0.05) is 87.5 Å². The first kappa shape index (κ1) is 73.1. The quantitative estimate of drug-likeness (QED) is 0.0465. The summed E-state index contributed by atoms with van der Waals surface area (Å²) in [5.74, 6) is -9.17. The molecule has 34 heteroatoms. The fraction of sp³-hybridized carbons (Fsp3) is 0.609. The number of rotatable bonds is 19. The number of anilines is 1. The van der Waals surface area contributed by atoms with Crippen molar-refractivity contribution < 1.29 is 91.2 Å². The van der Waals surface area contributed by atoms with Crippen molar-refractivity contribution in [2.24, 2.45) is 23.5 Å². The van der Waals surface area contributed by atoms with Crippen LogP contribution < -0.4 is 41.4 Å². The van der Waals surface area contributed by atoms with Gasteiger partial charge in [-0.2, -0.15) is 8.42 Å². The van der Waals surface area contributed by atoms with Gasteiger partial charge in [0.25, 0.3) is 0 Å². The van der Waals surface area contributed by atoms with E-state index in [1.165, 1.54) is 44.4 Å². The Balaban J connectivity index is 0.828. The van der Waals surface area contributed by atoms with E-state index in [4.69, 9.17) is 20.4 Å². The van der Waals surface area contributed by atoms with Crippen LogP contribution in [0.5, 0.6) is 11.5 Å².